The van der Waals surface area contributed by atoms with Crippen LogP contribution in [0.1, 0.15) is 46.5 Å². The number of carbonyl (C=O) groups is 1. The molecule has 2 heterocycles. The zero-order chi connectivity index (χ0) is 24.9. The minimum absolute atomic E-state index is 0.0150. The maximum absolute atomic E-state index is 12.6. The summed E-state index contributed by atoms with van der Waals surface area (Å²) in [6, 6.07) is 14.4. The van der Waals surface area contributed by atoms with Gasteiger partial charge >= 0.3 is 0 Å². The molecule has 1 amide bonds. The topological polar surface area (TPSA) is 84.1 Å². The molecule has 0 unspecified atom stereocenters. The van der Waals surface area contributed by atoms with Crippen LogP contribution in [0.3, 0.4) is 0 Å². The first-order chi connectivity index (χ1) is 16.9. The number of nitrogens with two attached hydrogens (primary N) is 1. The first kappa shape index (κ1) is 24.6. The lowest BCUT2D eigenvalue weighted by Gasteiger charge is -2.18. The van der Waals surface area contributed by atoms with Crippen molar-refractivity contribution in [2.24, 2.45) is 0 Å². The van der Waals surface area contributed by atoms with E-state index < -0.39 is 0 Å². The molecule has 0 fully saturated rings. The molecule has 0 saturated heterocycles. The predicted octanol–water partition coefficient (Wildman–Crippen LogP) is 4.84. The second kappa shape index (κ2) is 10.8. The van der Waals surface area contributed by atoms with Crippen molar-refractivity contribution in [2.45, 2.75) is 40.5 Å². The van der Waals surface area contributed by atoms with Crippen molar-refractivity contribution in [3.63, 3.8) is 0 Å². The van der Waals surface area contributed by atoms with Crippen LogP contribution < -0.4 is 11.1 Å². The quantitative estimate of drug-likeness (QED) is 0.343. The standard InChI is InChI=1S/C29H35N5O/c1-5-34(6-2)14-13-31-29(35)23-11-10-22(20(4)16-23)9-8-21-17-25-24-12-7-19(3)15-26(24)33-28(30)27(25)32-18-21/h7,10-12,15-18H,5-6,8-9,13-14H2,1-4H3,(H2,30,33)(H,31,35). The number of rotatable bonds is 9. The summed E-state index contributed by atoms with van der Waals surface area (Å²) in [5, 5.41) is 5.15. The summed E-state index contributed by atoms with van der Waals surface area (Å²) in [7, 11) is 0. The fourth-order valence-electron chi connectivity index (χ4n) is 4.56. The number of nitrogens with one attached hydrogen (secondary N) is 1. The van der Waals surface area contributed by atoms with Crippen LogP contribution in [0.25, 0.3) is 21.8 Å². The largest absolute Gasteiger partial charge is 0.382 e. The summed E-state index contributed by atoms with van der Waals surface area (Å²) in [6.45, 7) is 11.9. The van der Waals surface area contributed by atoms with E-state index in [0.29, 0.717) is 17.9 Å². The third-order valence-electron chi connectivity index (χ3n) is 6.77. The minimum Gasteiger partial charge on any atom is -0.382 e. The third kappa shape index (κ3) is 5.60. The van der Waals surface area contributed by atoms with E-state index in [2.05, 4.69) is 78.2 Å². The number of likely N-dealkylation sites (N-methyl/N-ethyl adjacent to an activating group) is 1. The van der Waals surface area contributed by atoms with E-state index in [4.69, 9.17) is 5.73 Å². The molecule has 3 N–H and O–H groups in total. The van der Waals surface area contributed by atoms with Crippen molar-refractivity contribution in [3.8, 4) is 0 Å². The normalized spacial score (nSPS) is 11.5. The van der Waals surface area contributed by atoms with E-state index in [1.807, 2.05) is 18.3 Å². The Hall–Kier alpha value is -3.51. The second-order valence-electron chi connectivity index (χ2n) is 9.18. The summed E-state index contributed by atoms with van der Waals surface area (Å²) in [5.41, 5.74) is 13.2. The van der Waals surface area contributed by atoms with Gasteiger partial charge < -0.3 is 16.0 Å². The van der Waals surface area contributed by atoms with Gasteiger partial charge in [0.05, 0.1) is 5.52 Å². The molecule has 182 valence electrons. The molecule has 4 rings (SSSR count). The Balaban J connectivity index is 1.46. The molecule has 0 atom stereocenters. The fourth-order valence-corrected chi connectivity index (χ4v) is 4.56. The first-order valence-corrected chi connectivity index (χ1v) is 12.4. The third-order valence-corrected chi connectivity index (χ3v) is 6.77. The van der Waals surface area contributed by atoms with Gasteiger partial charge in [0.2, 0.25) is 0 Å². The van der Waals surface area contributed by atoms with Gasteiger partial charge in [-0.2, -0.15) is 0 Å². The Bertz CT molecular complexity index is 1360. The highest BCUT2D eigenvalue weighted by Gasteiger charge is 2.11. The second-order valence-corrected chi connectivity index (χ2v) is 9.18. The molecule has 2 aromatic heterocycles. The number of hydrogen-bond acceptors (Lipinski definition) is 5. The highest BCUT2D eigenvalue weighted by atomic mass is 16.1. The number of amides is 1. The van der Waals surface area contributed by atoms with Crippen LogP contribution in [0.2, 0.25) is 0 Å². The molecule has 6 heteroatoms. The molecular weight excluding hydrogens is 434 g/mol. The molecule has 0 bridgehead atoms. The van der Waals surface area contributed by atoms with Crippen LogP contribution >= 0.6 is 0 Å². The SMILES string of the molecule is CCN(CC)CCNC(=O)c1ccc(CCc2cnc3c(N)nc4cc(C)ccc4c3c2)c(C)c1. The van der Waals surface area contributed by atoms with Crippen LogP contribution in [-0.4, -0.2) is 47.0 Å². The first-order valence-electron chi connectivity index (χ1n) is 12.4. The molecule has 0 aliphatic heterocycles. The van der Waals surface area contributed by atoms with Gasteiger partial charge in [-0.05, 0) is 86.3 Å². The number of nitrogens with zero attached hydrogens (tertiary/aromatic N) is 3. The summed E-state index contributed by atoms with van der Waals surface area (Å²) < 4.78 is 0. The van der Waals surface area contributed by atoms with Crippen LogP contribution in [0.15, 0.2) is 48.7 Å². The number of fused-ring (bicyclic) bond motifs is 3. The summed E-state index contributed by atoms with van der Waals surface area (Å²) in [4.78, 5) is 24.0. The average Bonchev–Trinajstić information content (AvgIpc) is 2.85. The molecule has 0 saturated carbocycles. The van der Waals surface area contributed by atoms with Crippen LogP contribution in [0, 0.1) is 13.8 Å². The summed E-state index contributed by atoms with van der Waals surface area (Å²) >= 11 is 0. The Labute approximate surface area is 207 Å². The molecule has 0 aliphatic carbocycles. The van der Waals surface area contributed by atoms with Crippen LogP contribution in [0.5, 0.6) is 0 Å². The number of aryl methyl sites for hydroxylation is 4. The number of aromatic nitrogens is 2. The zero-order valence-electron chi connectivity index (χ0n) is 21.2. The van der Waals surface area contributed by atoms with Gasteiger partial charge in [-0.15, -0.1) is 0 Å². The van der Waals surface area contributed by atoms with Crippen molar-refractivity contribution in [3.05, 3.63) is 76.5 Å². The molecular formula is C29H35N5O. The van der Waals surface area contributed by atoms with E-state index in [-0.39, 0.29) is 5.91 Å². The van der Waals surface area contributed by atoms with Crippen molar-refractivity contribution in [1.29, 1.82) is 0 Å². The van der Waals surface area contributed by atoms with Gasteiger partial charge in [-0.25, -0.2) is 4.98 Å². The lowest BCUT2D eigenvalue weighted by Crippen LogP contribution is -2.34. The van der Waals surface area contributed by atoms with E-state index in [9.17, 15) is 4.79 Å². The Kier molecular flexibility index (Phi) is 7.61. The maximum Gasteiger partial charge on any atom is 0.251 e. The monoisotopic (exact) mass is 469 g/mol. The molecule has 0 spiro atoms. The van der Waals surface area contributed by atoms with Gasteiger partial charge in [-0.1, -0.05) is 32.0 Å². The molecule has 6 nitrogen and oxygen atoms in total. The Morgan fingerprint density at radius 3 is 2.54 bits per heavy atom. The van der Waals surface area contributed by atoms with Crippen LogP contribution in [-0.2, 0) is 12.8 Å². The van der Waals surface area contributed by atoms with E-state index >= 15 is 0 Å². The van der Waals surface area contributed by atoms with Crippen molar-refractivity contribution in [2.75, 3.05) is 31.9 Å². The van der Waals surface area contributed by atoms with Crippen molar-refractivity contribution < 1.29 is 4.79 Å². The summed E-state index contributed by atoms with van der Waals surface area (Å²) in [5.74, 6) is 0.449. The number of benzene rings is 2. The van der Waals surface area contributed by atoms with E-state index in [0.717, 1.165) is 71.0 Å². The number of pyridine rings is 2. The number of hydrogen-bond donors (Lipinski definition) is 2. The number of anilines is 1. The van der Waals surface area contributed by atoms with Gasteiger partial charge in [0, 0.05) is 35.6 Å². The predicted molar refractivity (Wildman–Crippen MR) is 145 cm³/mol. The molecule has 2 aromatic carbocycles. The minimum atomic E-state index is -0.0150. The number of carbonyl (C=O) groups excluding carboxylic acids is 1. The average molecular weight is 470 g/mol. The maximum atomic E-state index is 12.6. The van der Waals surface area contributed by atoms with Crippen molar-refractivity contribution >= 4 is 33.5 Å². The Morgan fingerprint density at radius 1 is 1.00 bits per heavy atom. The smallest absolute Gasteiger partial charge is 0.251 e. The Morgan fingerprint density at radius 2 is 1.80 bits per heavy atom. The van der Waals surface area contributed by atoms with Gasteiger partial charge in [0.1, 0.15) is 5.52 Å². The van der Waals surface area contributed by atoms with Gasteiger partial charge in [-0.3, -0.25) is 9.78 Å². The molecule has 0 aliphatic rings. The van der Waals surface area contributed by atoms with Gasteiger partial charge in [0.25, 0.3) is 5.91 Å². The lowest BCUT2D eigenvalue weighted by molar-refractivity contribution is 0.0949. The molecule has 4 aromatic rings. The van der Waals surface area contributed by atoms with Crippen LogP contribution in [0.4, 0.5) is 5.82 Å². The number of nitrogen functional groups attached to an aromatic ring is 1. The molecule has 0 radical (unpaired) electrons. The zero-order valence-corrected chi connectivity index (χ0v) is 21.2. The highest BCUT2D eigenvalue weighted by molar-refractivity contribution is 6.08. The highest BCUT2D eigenvalue weighted by Crippen LogP contribution is 2.28. The fraction of sp³-hybridized carbons (Fsp3) is 0.345. The summed E-state index contributed by atoms with van der Waals surface area (Å²) in [6.07, 6.45) is 3.63. The van der Waals surface area contributed by atoms with Gasteiger partial charge in [0.15, 0.2) is 5.82 Å². The molecule has 35 heavy (non-hydrogen) atoms. The van der Waals surface area contributed by atoms with E-state index in [1.165, 1.54) is 5.56 Å². The van der Waals surface area contributed by atoms with E-state index in [1.54, 1.807) is 0 Å². The van der Waals surface area contributed by atoms with Crippen molar-refractivity contribution in [1.82, 2.24) is 20.2 Å². The lowest BCUT2D eigenvalue weighted by atomic mass is 9.98.